The molecule has 1 heterocycles. The molecule has 0 aliphatic rings. The average molecular weight is 188 g/mol. The van der Waals surface area contributed by atoms with Gasteiger partial charge in [0.15, 0.2) is 0 Å². The molecule has 0 amide bonds. The van der Waals surface area contributed by atoms with Crippen molar-refractivity contribution in [3.05, 3.63) is 42.7 Å². The monoisotopic (exact) mass is 188 g/mol. The van der Waals surface area contributed by atoms with E-state index in [9.17, 15) is 4.79 Å². The van der Waals surface area contributed by atoms with Gasteiger partial charge in [0.1, 0.15) is 0 Å². The van der Waals surface area contributed by atoms with Crippen LogP contribution in [0.2, 0.25) is 0 Å². The zero-order chi connectivity index (χ0) is 9.97. The average Bonchev–Trinajstić information content (AvgIpc) is 2.68. The number of rotatable bonds is 1. The molecule has 0 bridgehead atoms. The van der Waals surface area contributed by atoms with Crippen molar-refractivity contribution in [1.82, 2.24) is 9.78 Å². The lowest BCUT2D eigenvalue weighted by atomic mass is 10.1. The maximum absolute atomic E-state index is 10.5. The highest BCUT2D eigenvalue weighted by Gasteiger charge is 2.04. The summed E-state index contributed by atoms with van der Waals surface area (Å²) in [5, 5.41) is 12.4. The molecule has 2 aromatic rings. The Bertz CT molecular complexity index is 448. The van der Waals surface area contributed by atoms with Crippen molar-refractivity contribution in [1.29, 1.82) is 0 Å². The van der Waals surface area contributed by atoms with E-state index >= 15 is 0 Å². The third-order valence-electron chi connectivity index (χ3n) is 1.89. The van der Waals surface area contributed by atoms with Crippen molar-refractivity contribution in [2.45, 2.75) is 0 Å². The number of hydrogen-bond acceptors (Lipinski definition) is 2. The molecule has 0 unspecified atom stereocenters. The van der Waals surface area contributed by atoms with Gasteiger partial charge in [-0.25, -0.2) is 4.79 Å². The quantitative estimate of drug-likeness (QED) is 0.745. The van der Waals surface area contributed by atoms with Crippen molar-refractivity contribution < 1.29 is 9.90 Å². The summed E-state index contributed by atoms with van der Waals surface area (Å²) in [6, 6.07) is 9.51. The van der Waals surface area contributed by atoms with Gasteiger partial charge < -0.3 is 5.11 Å². The van der Waals surface area contributed by atoms with Crippen LogP contribution in [0.3, 0.4) is 0 Å². The molecule has 0 aliphatic heterocycles. The summed E-state index contributed by atoms with van der Waals surface area (Å²) in [5.74, 6) is 0. The second kappa shape index (κ2) is 3.33. The molecule has 1 aromatic carbocycles. The van der Waals surface area contributed by atoms with Gasteiger partial charge in [0.25, 0.3) is 0 Å². The summed E-state index contributed by atoms with van der Waals surface area (Å²) in [5.41, 5.74) is 1.76. The summed E-state index contributed by atoms with van der Waals surface area (Å²) in [7, 11) is 0. The second-order valence-electron chi connectivity index (χ2n) is 2.82. The molecular formula is C10H8N2O2. The zero-order valence-corrected chi connectivity index (χ0v) is 7.29. The van der Waals surface area contributed by atoms with E-state index in [0.717, 1.165) is 15.8 Å². The molecule has 14 heavy (non-hydrogen) atoms. The zero-order valence-electron chi connectivity index (χ0n) is 7.29. The van der Waals surface area contributed by atoms with E-state index < -0.39 is 6.09 Å². The molecule has 0 saturated carbocycles. The Balaban J connectivity index is 2.39. The number of hydrogen-bond donors (Lipinski definition) is 1. The molecule has 2 rings (SSSR count). The van der Waals surface area contributed by atoms with E-state index in [0.29, 0.717) is 0 Å². The van der Waals surface area contributed by atoms with E-state index in [2.05, 4.69) is 5.10 Å². The van der Waals surface area contributed by atoms with Gasteiger partial charge in [0.2, 0.25) is 0 Å². The van der Waals surface area contributed by atoms with Gasteiger partial charge in [-0.05, 0) is 5.56 Å². The number of carboxylic acid groups (broad SMARTS) is 1. The van der Waals surface area contributed by atoms with Crippen molar-refractivity contribution >= 4 is 6.09 Å². The topological polar surface area (TPSA) is 55.1 Å². The Morgan fingerprint density at radius 1 is 1.21 bits per heavy atom. The van der Waals surface area contributed by atoms with Crippen LogP contribution in [0, 0.1) is 0 Å². The van der Waals surface area contributed by atoms with Gasteiger partial charge in [0.05, 0.1) is 6.20 Å². The van der Waals surface area contributed by atoms with E-state index in [1.807, 2.05) is 30.3 Å². The number of nitrogens with zero attached hydrogens (tertiary/aromatic N) is 2. The Labute approximate surface area is 80.4 Å². The lowest BCUT2D eigenvalue weighted by molar-refractivity contribution is 0.192. The molecule has 4 heteroatoms. The largest absolute Gasteiger partial charge is 0.463 e. The number of benzene rings is 1. The minimum absolute atomic E-state index is 0.799. The maximum Gasteiger partial charge on any atom is 0.432 e. The van der Waals surface area contributed by atoms with Crippen LogP contribution in [-0.2, 0) is 0 Å². The Hall–Kier alpha value is -2.10. The smallest absolute Gasteiger partial charge is 0.432 e. The van der Waals surface area contributed by atoms with Crippen LogP contribution in [0.15, 0.2) is 42.7 Å². The van der Waals surface area contributed by atoms with Gasteiger partial charge in [-0.15, -0.1) is 0 Å². The van der Waals surface area contributed by atoms with E-state index in [1.165, 1.54) is 12.4 Å². The highest BCUT2D eigenvalue weighted by Crippen LogP contribution is 2.17. The molecule has 1 aromatic heterocycles. The highest BCUT2D eigenvalue weighted by molar-refractivity contribution is 5.70. The molecular weight excluding hydrogens is 180 g/mol. The molecule has 0 radical (unpaired) electrons. The van der Waals surface area contributed by atoms with Gasteiger partial charge in [-0.1, -0.05) is 30.3 Å². The van der Waals surface area contributed by atoms with E-state index in [1.54, 1.807) is 0 Å². The van der Waals surface area contributed by atoms with Crippen LogP contribution in [-0.4, -0.2) is 21.0 Å². The maximum atomic E-state index is 10.5. The lowest BCUT2D eigenvalue weighted by Crippen LogP contribution is -2.07. The molecule has 0 atom stereocenters. The standard InChI is InChI=1S/C10H8N2O2/c13-10(14)12-7-9(6-11-12)8-4-2-1-3-5-8/h1-7H,(H,13,14). The first-order valence-corrected chi connectivity index (χ1v) is 4.11. The summed E-state index contributed by atoms with van der Waals surface area (Å²) in [6.07, 6.45) is 1.94. The van der Waals surface area contributed by atoms with Crippen LogP contribution in [0.1, 0.15) is 0 Å². The molecule has 1 N–H and O–H groups in total. The molecule has 0 spiro atoms. The molecule has 0 aliphatic carbocycles. The Morgan fingerprint density at radius 2 is 1.93 bits per heavy atom. The number of carbonyl (C=O) groups is 1. The number of aromatic nitrogens is 2. The fourth-order valence-electron chi connectivity index (χ4n) is 1.21. The lowest BCUT2D eigenvalue weighted by Gasteiger charge is -1.93. The molecule has 4 nitrogen and oxygen atoms in total. The van der Waals surface area contributed by atoms with E-state index in [-0.39, 0.29) is 0 Å². The summed E-state index contributed by atoms with van der Waals surface area (Å²) in [4.78, 5) is 10.5. The highest BCUT2D eigenvalue weighted by atomic mass is 16.4. The Morgan fingerprint density at radius 3 is 2.50 bits per heavy atom. The SMILES string of the molecule is O=C(O)n1cc(-c2ccccc2)cn1. The van der Waals surface area contributed by atoms with Gasteiger partial charge in [-0.2, -0.15) is 9.78 Å². The first kappa shape index (κ1) is 8.50. The minimum atomic E-state index is -1.08. The molecule has 0 fully saturated rings. The fourth-order valence-corrected chi connectivity index (χ4v) is 1.21. The third kappa shape index (κ3) is 1.50. The van der Waals surface area contributed by atoms with Gasteiger partial charge in [0, 0.05) is 11.8 Å². The van der Waals surface area contributed by atoms with Crippen molar-refractivity contribution in [2.75, 3.05) is 0 Å². The predicted molar refractivity (Wildman–Crippen MR) is 51.1 cm³/mol. The van der Waals surface area contributed by atoms with Gasteiger partial charge in [-0.3, -0.25) is 0 Å². The first-order valence-electron chi connectivity index (χ1n) is 4.11. The van der Waals surface area contributed by atoms with Crippen LogP contribution < -0.4 is 0 Å². The Kier molecular flexibility index (Phi) is 2.02. The fraction of sp³-hybridized carbons (Fsp3) is 0. The summed E-state index contributed by atoms with van der Waals surface area (Å²) >= 11 is 0. The van der Waals surface area contributed by atoms with Crippen molar-refractivity contribution in [2.24, 2.45) is 0 Å². The van der Waals surface area contributed by atoms with Crippen LogP contribution in [0.4, 0.5) is 4.79 Å². The third-order valence-corrected chi connectivity index (χ3v) is 1.89. The normalized spacial score (nSPS) is 10.0. The van der Waals surface area contributed by atoms with Crippen LogP contribution in [0.5, 0.6) is 0 Å². The van der Waals surface area contributed by atoms with Gasteiger partial charge >= 0.3 is 6.09 Å². The van der Waals surface area contributed by atoms with Crippen LogP contribution >= 0.6 is 0 Å². The predicted octanol–water partition coefficient (Wildman–Crippen LogP) is 2.08. The first-order chi connectivity index (χ1) is 6.77. The molecule has 0 saturated heterocycles. The van der Waals surface area contributed by atoms with Crippen LogP contribution in [0.25, 0.3) is 11.1 Å². The second-order valence-corrected chi connectivity index (χ2v) is 2.82. The van der Waals surface area contributed by atoms with Crippen molar-refractivity contribution in [3.8, 4) is 11.1 Å². The van der Waals surface area contributed by atoms with Crippen molar-refractivity contribution in [3.63, 3.8) is 0 Å². The summed E-state index contributed by atoms with van der Waals surface area (Å²) < 4.78 is 0.891. The molecule has 70 valence electrons. The van der Waals surface area contributed by atoms with E-state index in [4.69, 9.17) is 5.11 Å². The summed E-state index contributed by atoms with van der Waals surface area (Å²) in [6.45, 7) is 0. The minimum Gasteiger partial charge on any atom is -0.463 e.